The maximum atomic E-state index is 12.3. The lowest BCUT2D eigenvalue weighted by molar-refractivity contribution is -0.128. The van der Waals surface area contributed by atoms with Gasteiger partial charge >= 0.3 is 6.18 Å². The minimum absolute atomic E-state index is 0.0605. The first-order valence-electron chi connectivity index (χ1n) is 7.47. The summed E-state index contributed by atoms with van der Waals surface area (Å²) in [6.45, 7) is 4.46. The first kappa shape index (κ1) is 16.0. The quantitative estimate of drug-likeness (QED) is 0.832. The molecule has 0 amide bonds. The van der Waals surface area contributed by atoms with Gasteiger partial charge in [-0.1, -0.05) is 6.92 Å². The molecule has 1 aliphatic heterocycles. The molecule has 0 aromatic heterocycles. The third kappa shape index (κ3) is 4.33. The van der Waals surface area contributed by atoms with Crippen LogP contribution in [0.2, 0.25) is 0 Å². The zero-order valence-corrected chi connectivity index (χ0v) is 12.2. The van der Waals surface area contributed by atoms with Crippen LogP contribution in [0.15, 0.2) is 0 Å². The summed E-state index contributed by atoms with van der Waals surface area (Å²) in [4.78, 5) is 2.27. The molecule has 0 aromatic rings. The predicted octanol–water partition coefficient (Wildman–Crippen LogP) is 2.01. The molecule has 2 N–H and O–H groups in total. The summed E-state index contributed by atoms with van der Waals surface area (Å²) in [7, 11) is 0. The highest BCUT2D eigenvalue weighted by atomic mass is 19.4. The van der Waals surface area contributed by atoms with E-state index in [-0.39, 0.29) is 12.0 Å². The van der Waals surface area contributed by atoms with Gasteiger partial charge in [0.1, 0.15) is 0 Å². The van der Waals surface area contributed by atoms with Crippen molar-refractivity contribution >= 4 is 0 Å². The average Bonchev–Trinajstić information content (AvgIpc) is 2.31. The van der Waals surface area contributed by atoms with Gasteiger partial charge in [-0.05, 0) is 38.0 Å². The second-order valence-corrected chi connectivity index (χ2v) is 6.61. The van der Waals surface area contributed by atoms with Gasteiger partial charge in [0.2, 0.25) is 0 Å². The van der Waals surface area contributed by atoms with E-state index < -0.39 is 18.8 Å². The van der Waals surface area contributed by atoms with E-state index in [0.29, 0.717) is 24.9 Å². The summed E-state index contributed by atoms with van der Waals surface area (Å²) < 4.78 is 37.0. The molecule has 1 aliphatic carbocycles. The van der Waals surface area contributed by atoms with Crippen molar-refractivity contribution in [1.29, 1.82) is 0 Å². The Morgan fingerprint density at radius 2 is 1.90 bits per heavy atom. The number of hydrogen-bond donors (Lipinski definition) is 2. The molecule has 3 atom stereocenters. The van der Waals surface area contributed by atoms with Crippen molar-refractivity contribution in [2.24, 2.45) is 11.8 Å². The van der Waals surface area contributed by atoms with Crippen molar-refractivity contribution in [3.63, 3.8) is 0 Å². The third-order valence-corrected chi connectivity index (χ3v) is 4.65. The predicted molar refractivity (Wildman–Crippen MR) is 71.4 cm³/mol. The van der Waals surface area contributed by atoms with Gasteiger partial charge in [-0.25, -0.2) is 0 Å². The van der Waals surface area contributed by atoms with Gasteiger partial charge in [-0.3, -0.25) is 4.90 Å². The lowest BCUT2D eigenvalue weighted by Crippen LogP contribution is -2.57. The molecule has 1 saturated heterocycles. The Morgan fingerprint density at radius 1 is 1.25 bits per heavy atom. The van der Waals surface area contributed by atoms with Crippen LogP contribution in [-0.2, 0) is 0 Å². The first-order valence-corrected chi connectivity index (χ1v) is 7.47. The van der Waals surface area contributed by atoms with Crippen molar-refractivity contribution < 1.29 is 18.3 Å². The summed E-state index contributed by atoms with van der Waals surface area (Å²) in [6.07, 6.45) is -1.78. The van der Waals surface area contributed by atoms with E-state index >= 15 is 0 Å². The van der Waals surface area contributed by atoms with Gasteiger partial charge in [0, 0.05) is 25.2 Å². The van der Waals surface area contributed by atoms with E-state index in [1.54, 1.807) is 6.92 Å². The number of aliphatic hydroxyl groups excluding tert-OH is 1. The van der Waals surface area contributed by atoms with Crippen LogP contribution >= 0.6 is 0 Å². The number of piperidine rings is 1. The summed E-state index contributed by atoms with van der Waals surface area (Å²) in [5.74, 6) is 0.777. The number of rotatable bonds is 4. The molecular formula is C14H25F3N2O. The molecule has 0 spiro atoms. The molecule has 0 radical (unpaired) electrons. The van der Waals surface area contributed by atoms with Crippen LogP contribution in [0.5, 0.6) is 0 Å². The zero-order valence-electron chi connectivity index (χ0n) is 12.2. The molecular weight excluding hydrogens is 269 g/mol. The number of halogens is 3. The van der Waals surface area contributed by atoms with Crippen molar-refractivity contribution in [3.8, 4) is 0 Å². The van der Waals surface area contributed by atoms with E-state index in [4.69, 9.17) is 0 Å². The topological polar surface area (TPSA) is 35.5 Å². The van der Waals surface area contributed by atoms with Gasteiger partial charge in [0.25, 0.3) is 0 Å². The fraction of sp³-hybridized carbons (Fsp3) is 1.00. The van der Waals surface area contributed by atoms with Gasteiger partial charge < -0.3 is 10.4 Å². The van der Waals surface area contributed by atoms with Crippen molar-refractivity contribution in [1.82, 2.24) is 10.2 Å². The fourth-order valence-corrected chi connectivity index (χ4v) is 3.39. The third-order valence-electron chi connectivity index (χ3n) is 4.65. The van der Waals surface area contributed by atoms with Crippen LogP contribution in [0.25, 0.3) is 0 Å². The Labute approximate surface area is 118 Å². The Kier molecular flexibility index (Phi) is 4.97. The lowest BCUT2D eigenvalue weighted by atomic mass is 9.78. The zero-order chi connectivity index (χ0) is 14.9. The Balaban J connectivity index is 1.90. The molecule has 118 valence electrons. The maximum absolute atomic E-state index is 12.3. The Hall–Kier alpha value is -0.330. The Bertz CT molecular complexity index is 316. The molecule has 3 nitrogen and oxygen atoms in total. The van der Waals surface area contributed by atoms with Crippen LogP contribution in [0.1, 0.15) is 33.1 Å². The number of aliphatic hydroxyl groups is 1. The highest BCUT2D eigenvalue weighted by molar-refractivity contribution is 4.93. The lowest BCUT2D eigenvalue weighted by Gasteiger charge is -2.48. The van der Waals surface area contributed by atoms with E-state index in [1.807, 2.05) is 0 Å². The maximum Gasteiger partial charge on any atom is 0.401 e. The summed E-state index contributed by atoms with van der Waals surface area (Å²) >= 11 is 0. The smallest absolute Gasteiger partial charge is 0.393 e. The molecule has 2 fully saturated rings. The minimum atomic E-state index is -4.17. The summed E-state index contributed by atoms with van der Waals surface area (Å²) in [5, 5.41) is 12.4. The van der Waals surface area contributed by atoms with Gasteiger partial charge in [-0.15, -0.1) is 0 Å². The second-order valence-electron chi connectivity index (χ2n) is 6.61. The molecule has 1 saturated carbocycles. The monoisotopic (exact) mass is 294 g/mol. The highest BCUT2D eigenvalue weighted by Gasteiger charge is 2.38. The fourth-order valence-electron chi connectivity index (χ4n) is 3.39. The van der Waals surface area contributed by atoms with Gasteiger partial charge in [-0.2, -0.15) is 13.2 Å². The van der Waals surface area contributed by atoms with E-state index in [2.05, 4.69) is 17.1 Å². The van der Waals surface area contributed by atoms with Crippen molar-refractivity contribution in [2.75, 3.05) is 19.6 Å². The number of nitrogens with zero attached hydrogens (tertiary/aromatic N) is 1. The Morgan fingerprint density at radius 3 is 2.40 bits per heavy atom. The number of hydrogen-bond acceptors (Lipinski definition) is 3. The largest absolute Gasteiger partial charge is 0.401 e. The van der Waals surface area contributed by atoms with Crippen LogP contribution in [-0.4, -0.2) is 54.0 Å². The summed E-state index contributed by atoms with van der Waals surface area (Å²) in [6, 6.07) is 0.308. The van der Waals surface area contributed by atoms with E-state index in [9.17, 15) is 18.3 Å². The van der Waals surface area contributed by atoms with Gasteiger partial charge in [0.15, 0.2) is 0 Å². The summed E-state index contributed by atoms with van der Waals surface area (Å²) in [5.41, 5.74) is 0. The SMILES string of the molecule is CC1CC(N2CC(NCC(F)(F)F)CC(C(C)O)C2)C1. The van der Waals surface area contributed by atoms with Crippen LogP contribution < -0.4 is 5.32 Å². The molecule has 2 aliphatic rings. The molecule has 0 aromatic carbocycles. The molecule has 20 heavy (non-hydrogen) atoms. The second kappa shape index (κ2) is 6.20. The van der Waals surface area contributed by atoms with Crippen LogP contribution in [0.4, 0.5) is 13.2 Å². The number of likely N-dealkylation sites (tertiary alicyclic amines) is 1. The minimum Gasteiger partial charge on any atom is -0.393 e. The first-order chi connectivity index (χ1) is 9.24. The normalized spacial score (nSPS) is 37.5. The van der Waals surface area contributed by atoms with Gasteiger partial charge in [0.05, 0.1) is 12.6 Å². The number of alkyl halides is 3. The average molecular weight is 294 g/mol. The molecule has 6 heteroatoms. The van der Waals surface area contributed by atoms with Crippen molar-refractivity contribution in [2.45, 2.75) is 57.5 Å². The molecule has 2 rings (SSSR count). The van der Waals surface area contributed by atoms with E-state index in [0.717, 1.165) is 19.4 Å². The van der Waals surface area contributed by atoms with Crippen LogP contribution in [0, 0.1) is 11.8 Å². The molecule has 0 bridgehead atoms. The molecule has 1 heterocycles. The highest BCUT2D eigenvalue weighted by Crippen LogP contribution is 2.34. The van der Waals surface area contributed by atoms with E-state index in [1.165, 1.54) is 0 Å². The van der Waals surface area contributed by atoms with Crippen LogP contribution in [0.3, 0.4) is 0 Å². The number of nitrogens with one attached hydrogen (secondary N) is 1. The molecule has 3 unspecified atom stereocenters. The van der Waals surface area contributed by atoms with Crippen molar-refractivity contribution in [3.05, 3.63) is 0 Å². The standard InChI is InChI=1S/C14H25F3N2O/c1-9-3-13(4-9)19-6-11(10(2)20)5-12(7-19)18-8-14(15,16)17/h9-13,18,20H,3-8H2,1-2H3.